The number of hydrogen-bond acceptors (Lipinski definition) is 4. The zero-order valence-corrected chi connectivity index (χ0v) is 12.8. The predicted molar refractivity (Wildman–Crippen MR) is 79.5 cm³/mol. The number of halogens is 1. The maximum Gasteiger partial charge on any atom is 0.328 e. The van der Waals surface area contributed by atoms with Crippen molar-refractivity contribution in [3.63, 3.8) is 0 Å². The third-order valence-electron chi connectivity index (χ3n) is 3.09. The van der Waals surface area contributed by atoms with Crippen molar-refractivity contribution in [3.05, 3.63) is 34.5 Å². The van der Waals surface area contributed by atoms with Gasteiger partial charge in [-0.15, -0.1) is 0 Å². The van der Waals surface area contributed by atoms with E-state index in [0.29, 0.717) is 16.2 Å². The summed E-state index contributed by atoms with van der Waals surface area (Å²) < 4.78 is 10.4. The van der Waals surface area contributed by atoms with Crippen LogP contribution in [0.1, 0.15) is 30.0 Å². The van der Waals surface area contributed by atoms with Crippen LogP contribution in [0, 0.1) is 6.92 Å². The van der Waals surface area contributed by atoms with E-state index in [2.05, 4.69) is 5.32 Å². The van der Waals surface area contributed by atoms with Crippen LogP contribution in [0.15, 0.2) is 22.6 Å². The molecule has 0 spiro atoms. The van der Waals surface area contributed by atoms with Crippen LogP contribution in [0.4, 0.5) is 0 Å². The summed E-state index contributed by atoms with van der Waals surface area (Å²) in [6, 6.07) is 4.39. The number of ether oxygens (including phenoxy) is 1. The van der Waals surface area contributed by atoms with E-state index < -0.39 is 17.9 Å². The van der Waals surface area contributed by atoms with Crippen LogP contribution in [0.25, 0.3) is 11.0 Å². The average Bonchev–Trinajstić information content (AvgIpc) is 2.76. The summed E-state index contributed by atoms with van der Waals surface area (Å²) in [7, 11) is 0. The fourth-order valence-corrected chi connectivity index (χ4v) is 2.17. The third kappa shape index (κ3) is 3.19. The van der Waals surface area contributed by atoms with Gasteiger partial charge in [0, 0.05) is 16.0 Å². The highest BCUT2D eigenvalue weighted by Gasteiger charge is 2.22. The average molecular weight is 310 g/mol. The fraction of sp³-hybridized carbons (Fsp3) is 0.333. The molecule has 0 fully saturated rings. The molecule has 2 aromatic rings. The highest BCUT2D eigenvalue weighted by atomic mass is 35.5. The molecule has 1 atom stereocenters. The molecule has 1 unspecified atom stereocenters. The van der Waals surface area contributed by atoms with E-state index in [0.717, 1.165) is 5.39 Å². The Labute approximate surface area is 127 Å². The summed E-state index contributed by atoms with van der Waals surface area (Å²) in [6.07, 6.45) is 0. The molecule has 5 nitrogen and oxygen atoms in total. The lowest BCUT2D eigenvalue weighted by Gasteiger charge is -2.11. The Morgan fingerprint density at radius 1 is 1.43 bits per heavy atom. The van der Waals surface area contributed by atoms with Gasteiger partial charge in [-0.05, 0) is 39.0 Å². The molecule has 0 aliphatic rings. The van der Waals surface area contributed by atoms with Crippen LogP contribution in [0.5, 0.6) is 0 Å². The minimum Gasteiger partial charge on any atom is -0.464 e. The van der Waals surface area contributed by atoms with E-state index in [1.54, 1.807) is 39.0 Å². The van der Waals surface area contributed by atoms with Crippen LogP contribution in [0.3, 0.4) is 0 Å². The van der Waals surface area contributed by atoms with Gasteiger partial charge >= 0.3 is 5.97 Å². The Balaban J connectivity index is 2.24. The monoisotopic (exact) mass is 309 g/mol. The topological polar surface area (TPSA) is 68.5 Å². The lowest BCUT2D eigenvalue weighted by Crippen LogP contribution is -2.39. The zero-order chi connectivity index (χ0) is 15.6. The summed E-state index contributed by atoms with van der Waals surface area (Å²) in [6.45, 7) is 5.30. The normalized spacial score (nSPS) is 12.2. The molecule has 1 aromatic heterocycles. The number of nitrogens with one attached hydrogen (secondary N) is 1. The van der Waals surface area contributed by atoms with Gasteiger partial charge in [-0.2, -0.15) is 0 Å². The van der Waals surface area contributed by atoms with Gasteiger partial charge in [0.05, 0.1) is 6.61 Å². The molecule has 0 aliphatic carbocycles. The van der Waals surface area contributed by atoms with E-state index in [9.17, 15) is 9.59 Å². The zero-order valence-electron chi connectivity index (χ0n) is 12.0. The van der Waals surface area contributed by atoms with Gasteiger partial charge in [-0.1, -0.05) is 11.6 Å². The number of fused-ring (bicyclic) bond motifs is 1. The SMILES string of the molecule is CCOC(=O)C(C)NC(=O)c1oc2ccc(Cl)cc2c1C. The molecule has 0 bridgehead atoms. The molecule has 6 heteroatoms. The lowest BCUT2D eigenvalue weighted by molar-refractivity contribution is -0.144. The van der Waals surface area contributed by atoms with Gasteiger partial charge in [0.25, 0.3) is 5.91 Å². The maximum absolute atomic E-state index is 12.2. The largest absolute Gasteiger partial charge is 0.464 e. The van der Waals surface area contributed by atoms with Crippen LogP contribution in [-0.2, 0) is 9.53 Å². The van der Waals surface area contributed by atoms with Crippen molar-refractivity contribution in [2.75, 3.05) is 6.61 Å². The first-order chi connectivity index (χ1) is 9.93. The third-order valence-corrected chi connectivity index (χ3v) is 3.33. The molecule has 21 heavy (non-hydrogen) atoms. The van der Waals surface area contributed by atoms with E-state index in [1.165, 1.54) is 0 Å². The number of furan rings is 1. The Kier molecular flexibility index (Phi) is 4.53. The summed E-state index contributed by atoms with van der Waals surface area (Å²) in [5, 5.41) is 3.90. The van der Waals surface area contributed by atoms with Crippen molar-refractivity contribution in [3.8, 4) is 0 Å². The predicted octanol–water partition coefficient (Wildman–Crippen LogP) is 3.08. The van der Waals surface area contributed by atoms with Crippen LogP contribution < -0.4 is 5.32 Å². The Bertz CT molecular complexity index is 692. The van der Waals surface area contributed by atoms with Crippen LogP contribution in [-0.4, -0.2) is 24.5 Å². The number of esters is 1. The van der Waals surface area contributed by atoms with Gasteiger partial charge in [0.2, 0.25) is 0 Å². The van der Waals surface area contributed by atoms with Crippen LogP contribution >= 0.6 is 11.6 Å². The highest BCUT2D eigenvalue weighted by Crippen LogP contribution is 2.27. The molecule has 0 radical (unpaired) electrons. The standard InChI is InChI=1S/C15H16ClNO4/c1-4-20-15(19)9(3)17-14(18)13-8(2)11-7-10(16)5-6-12(11)21-13/h5-7,9H,4H2,1-3H3,(H,17,18). The van der Waals surface area contributed by atoms with E-state index in [-0.39, 0.29) is 12.4 Å². The lowest BCUT2D eigenvalue weighted by atomic mass is 10.1. The molecule has 112 valence electrons. The second kappa shape index (κ2) is 6.18. The second-order valence-corrected chi connectivity index (χ2v) is 5.08. The van der Waals surface area contributed by atoms with Crippen molar-refractivity contribution in [2.24, 2.45) is 0 Å². The van der Waals surface area contributed by atoms with Crippen LogP contribution in [0.2, 0.25) is 5.02 Å². The van der Waals surface area contributed by atoms with Gasteiger partial charge < -0.3 is 14.5 Å². The molecule has 1 aromatic carbocycles. The molecule has 2 rings (SSSR count). The summed E-state index contributed by atoms with van der Waals surface area (Å²) in [5.41, 5.74) is 1.26. The number of benzene rings is 1. The Morgan fingerprint density at radius 3 is 2.81 bits per heavy atom. The summed E-state index contributed by atoms with van der Waals surface area (Å²) in [4.78, 5) is 23.7. The molecule has 0 saturated heterocycles. The quantitative estimate of drug-likeness (QED) is 0.881. The molecule has 0 aliphatic heterocycles. The van der Waals surface area contributed by atoms with Gasteiger partial charge in [0.1, 0.15) is 11.6 Å². The second-order valence-electron chi connectivity index (χ2n) is 4.64. The van der Waals surface area contributed by atoms with Crippen molar-refractivity contribution >= 4 is 34.4 Å². The summed E-state index contributed by atoms with van der Waals surface area (Å²) >= 11 is 5.94. The van der Waals surface area contributed by atoms with Crippen molar-refractivity contribution in [1.82, 2.24) is 5.32 Å². The minimum absolute atomic E-state index is 0.170. The number of amides is 1. The number of hydrogen-bond donors (Lipinski definition) is 1. The fourth-order valence-electron chi connectivity index (χ4n) is 2.00. The number of aryl methyl sites for hydroxylation is 1. The van der Waals surface area contributed by atoms with E-state index in [1.807, 2.05) is 0 Å². The molecular weight excluding hydrogens is 294 g/mol. The van der Waals surface area contributed by atoms with E-state index >= 15 is 0 Å². The molecule has 0 saturated carbocycles. The minimum atomic E-state index is -0.742. The summed E-state index contributed by atoms with van der Waals surface area (Å²) in [5.74, 6) is -0.772. The Morgan fingerprint density at radius 2 is 2.14 bits per heavy atom. The number of carbonyl (C=O) groups is 2. The smallest absolute Gasteiger partial charge is 0.328 e. The van der Waals surface area contributed by atoms with E-state index in [4.69, 9.17) is 20.8 Å². The Hall–Kier alpha value is -2.01. The first kappa shape index (κ1) is 15.4. The number of carbonyl (C=O) groups excluding carboxylic acids is 2. The molecule has 1 N–H and O–H groups in total. The maximum atomic E-state index is 12.2. The molecular formula is C15H16ClNO4. The van der Waals surface area contributed by atoms with Gasteiger partial charge in [0.15, 0.2) is 5.76 Å². The first-order valence-corrected chi connectivity index (χ1v) is 6.98. The van der Waals surface area contributed by atoms with Gasteiger partial charge in [-0.25, -0.2) is 4.79 Å². The van der Waals surface area contributed by atoms with Crippen molar-refractivity contribution in [1.29, 1.82) is 0 Å². The number of rotatable bonds is 4. The first-order valence-electron chi connectivity index (χ1n) is 6.60. The highest BCUT2D eigenvalue weighted by molar-refractivity contribution is 6.31. The van der Waals surface area contributed by atoms with Crippen molar-refractivity contribution in [2.45, 2.75) is 26.8 Å². The molecule has 1 heterocycles. The van der Waals surface area contributed by atoms with Gasteiger partial charge in [-0.3, -0.25) is 4.79 Å². The van der Waals surface area contributed by atoms with Crippen molar-refractivity contribution < 1.29 is 18.7 Å². The molecule has 1 amide bonds.